The molecule has 0 atom stereocenters. The monoisotopic (exact) mass is 287 g/mol. The van der Waals surface area contributed by atoms with Crippen LogP contribution in [0.3, 0.4) is 0 Å². The summed E-state index contributed by atoms with van der Waals surface area (Å²) in [6.45, 7) is 2.36. The highest BCUT2D eigenvalue weighted by Gasteiger charge is 2.11. The van der Waals surface area contributed by atoms with E-state index in [0.717, 1.165) is 22.0 Å². The molecule has 0 unspecified atom stereocenters. The summed E-state index contributed by atoms with van der Waals surface area (Å²) in [6.07, 6.45) is 2.26. The van der Waals surface area contributed by atoms with E-state index in [9.17, 15) is 0 Å². The number of aryl methyl sites for hydroxylation is 1. The third-order valence-corrected chi connectivity index (χ3v) is 3.57. The van der Waals surface area contributed by atoms with Gasteiger partial charge in [0.05, 0.1) is 22.8 Å². The molecular formula is C13H13N5OS. The van der Waals surface area contributed by atoms with Gasteiger partial charge in [0.25, 0.3) is 5.89 Å². The Bertz CT molecular complexity index is 721. The van der Waals surface area contributed by atoms with Crippen molar-refractivity contribution in [2.45, 2.75) is 19.9 Å². The fourth-order valence-electron chi connectivity index (χ4n) is 1.82. The highest BCUT2D eigenvalue weighted by Crippen LogP contribution is 2.18. The van der Waals surface area contributed by atoms with Crippen LogP contribution in [0.1, 0.15) is 22.2 Å². The minimum atomic E-state index is 0.382. The second kappa shape index (κ2) is 5.48. The molecule has 0 aromatic carbocycles. The molecule has 0 aliphatic heterocycles. The lowest BCUT2D eigenvalue weighted by Crippen LogP contribution is -1.99. The standard InChI is InChI=1S/C13H13N5OS/c1-8-16-11(7-20-8)5-12-17-13(19-18-12)9-2-3-15-10(4-9)6-14/h2-4,7H,5-6,14H2,1H3. The van der Waals surface area contributed by atoms with Gasteiger partial charge in [-0.05, 0) is 19.1 Å². The van der Waals surface area contributed by atoms with Gasteiger partial charge in [-0.2, -0.15) is 4.98 Å². The summed E-state index contributed by atoms with van der Waals surface area (Å²) in [5.41, 5.74) is 8.14. The Morgan fingerprint density at radius 2 is 2.20 bits per heavy atom. The molecule has 3 aromatic heterocycles. The summed E-state index contributed by atoms with van der Waals surface area (Å²) in [4.78, 5) is 12.9. The van der Waals surface area contributed by atoms with E-state index in [0.29, 0.717) is 24.7 Å². The summed E-state index contributed by atoms with van der Waals surface area (Å²) >= 11 is 1.61. The maximum atomic E-state index is 5.57. The van der Waals surface area contributed by atoms with E-state index in [2.05, 4.69) is 20.1 Å². The molecule has 3 heterocycles. The average molecular weight is 287 g/mol. The Hall–Kier alpha value is -2.12. The van der Waals surface area contributed by atoms with Crippen LogP contribution in [0.25, 0.3) is 11.5 Å². The quantitative estimate of drug-likeness (QED) is 0.788. The Balaban J connectivity index is 1.82. The molecule has 3 aromatic rings. The van der Waals surface area contributed by atoms with Crippen molar-refractivity contribution in [1.82, 2.24) is 20.1 Å². The van der Waals surface area contributed by atoms with Crippen LogP contribution in [0.2, 0.25) is 0 Å². The molecule has 0 saturated carbocycles. The van der Waals surface area contributed by atoms with Gasteiger partial charge in [0, 0.05) is 23.7 Å². The number of nitrogens with zero attached hydrogens (tertiary/aromatic N) is 4. The number of hydrogen-bond donors (Lipinski definition) is 1. The largest absolute Gasteiger partial charge is 0.334 e. The fourth-order valence-corrected chi connectivity index (χ4v) is 2.43. The van der Waals surface area contributed by atoms with Crippen molar-refractivity contribution in [2.75, 3.05) is 0 Å². The van der Waals surface area contributed by atoms with Crippen molar-refractivity contribution in [3.63, 3.8) is 0 Å². The molecule has 7 heteroatoms. The van der Waals surface area contributed by atoms with Crippen LogP contribution in [-0.2, 0) is 13.0 Å². The molecule has 102 valence electrons. The highest BCUT2D eigenvalue weighted by atomic mass is 32.1. The van der Waals surface area contributed by atoms with Crippen molar-refractivity contribution < 1.29 is 4.52 Å². The van der Waals surface area contributed by atoms with Crippen molar-refractivity contribution in [1.29, 1.82) is 0 Å². The predicted molar refractivity (Wildman–Crippen MR) is 75.1 cm³/mol. The van der Waals surface area contributed by atoms with Gasteiger partial charge < -0.3 is 10.3 Å². The van der Waals surface area contributed by atoms with E-state index >= 15 is 0 Å². The molecule has 0 saturated heterocycles. The zero-order valence-corrected chi connectivity index (χ0v) is 11.7. The number of rotatable bonds is 4. The predicted octanol–water partition coefficient (Wildman–Crippen LogP) is 1.95. The van der Waals surface area contributed by atoms with Crippen LogP contribution in [0.4, 0.5) is 0 Å². The molecule has 0 spiro atoms. The SMILES string of the molecule is Cc1nc(Cc2noc(-c3ccnc(CN)c3)n2)cs1. The number of pyridine rings is 1. The van der Waals surface area contributed by atoms with Crippen LogP contribution < -0.4 is 5.73 Å². The van der Waals surface area contributed by atoms with Crippen molar-refractivity contribution in [3.8, 4) is 11.5 Å². The smallest absolute Gasteiger partial charge is 0.258 e. The molecule has 20 heavy (non-hydrogen) atoms. The fraction of sp³-hybridized carbons (Fsp3) is 0.231. The number of thiazole rings is 1. The molecule has 3 rings (SSSR count). The molecular weight excluding hydrogens is 274 g/mol. The van der Waals surface area contributed by atoms with Crippen molar-refractivity contribution in [2.24, 2.45) is 5.73 Å². The first-order valence-electron chi connectivity index (χ1n) is 6.13. The van der Waals surface area contributed by atoms with Crippen LogP contribution in [0.15, 0.2) is 28.2 Å². The summed E-state index contributed by atoms with van der Waals surface area (Å²) < 4.78 is 5.28. The van der Waals surface area contributed by atoms with E-state index in [1.54, 1.807) is 17.5 Å². The minimum absolute atomic E-state index is 0.382. The Kier molecular flexibility index (Phi) is 3.53. The number of aromatic nitrogens is 4. The van der Waals surface area contributed by atoms with Gasteiger partial charge >= 0.3 is 0 Å². The van der Waals surface area contributed by atoms with Crippen LogP contribution >= 0.6 is 11.3 Å². The number of hydrogen-bond acceptors (Lipinski definition) is 7. The van der Waals surface area contributed by atoms with Gasteiger partial charge in [0.1, 0.15) is 0 Å². The van der Waals surface area contributed by atoms with E-state index in [1.807, 2.05) is 24.4 Å². The maximum Gasteiger partial charge on any atom is 0.258 e. The average Bonchev–Trinajstić information content (AvgIpc) is 3.09. The maximum absolute atomic E-state index is 5.57. The first-order valence-corrected chi connectivity index (χ1v) is 7.01. The van der Waals surface area contributed by atoms with E-state index < -0.39 is 0 Å². The third kappa shape index (κ3) is 2.73. The highest BCUT2D eigenvalue weighted by molar-refractivity contribution is 7.09. The molecule has 0 bridgehead atoms. The lowest BCUT2D eigenvalue weighted by Gasteiger charge is -1.97. The second-order valence-corrected chi connectivity index (χ2v) is 5.35. The van der Waals surface area contributed by atoms with Gasteiger partial charge in [-0.25, -0.2) is 4.98 Å². The van der Waals surface area contributed by atoms with Crippen LogP contribution in [0.5, 0.6) is 0 Å². The zero-order valence-electron chi connectivity index (χ0n) is 10.9. The summed E-state index contributed by atoms with van der Waals surface area (Å²) in [7, 11) is 0. The van der Waals surface area contributed by atoms with Crippen LogP contribution in [-0.4, -0.2) is 20.1 Å². The number of nitrogens with two attached hydrogens (primary N) is 1. The van der Waals surface area contributed by atoms with Crippen molar-refractivity contribution in [3.05, 3.63) is 45.9 Å². The van der Waals surface area contributed by atoms with Gasteiger partial charge in [-0.1, -0.05) is 5.16 Å². The molecule has 0 radical (unpaired) electrons. The molecule has 2 N–H and O–H groups in total. The molecule has 6 nitrogen and oxygen atoms in total. The van der Waals surface area contributed by atoms with Gasteiger partial charge in [-0.3, -0.25) is 4.98 Å². The Morgan fingerprint density at radius 1 is 1.30 bits per heavy atom. The lowest BCUT2D eigenvalue weighted by atomic mass is 10.2. The third-order valence-electron chi connectivity index (χ3n) is 2.75. The van der Waals surface area contributed by atoms with Crippen molar-refractivity contribution >= 4 is 11.3 Å². The normalized spacial score (nSPS) is 10.9. The topological polar surface area (TPSA) is 90.7 Å². The van der Waals surface area contributed by atoms with E-state index in [-0.39, 0.29) is 0 Å². The molecule has 0 aliphatic rings. The van der Waals surface area contributed by atoms with Gasteiger partial charge in [0.2, 0.25) is 0 Å². The summed E-state index contributed by atoms with van der Waals surface area (Å²) in [5.74, 6) is 1.10. The molecule has 0 fully saturated rings. The van der Waals surface area contributed by atoms with Gasteiger partial charge in [-0.15, -0.1) is 11.3 Å². The zero-order chi connectivity index (χ0) is 13.9. The first kappa shape index (κ1) is 12.9. The second-order valence-electron chi connectivity index (χ2n) is 4.29. The Labute approximate surface area is 119 Å². The molecule has 0 amide bonds. The molecule has 0 aliphatic carbocycles. The summed E-state index contributed by atoms with van der Waals surface area (Å²) in [6, 6.07) is 3.67. The first-order chi connectivity index (χ1) is 9.74. The minimum Gasteiger partial charge on any atom is -0.334 e. The van der Waals surface area contributed by atoms with Crippen LogP contribution in [0, 0.1) is 6.92 Å². The Morgan fingerprint density at radius 3 is 2.95 bits per heavy atom. The van der Waals surface area contributed by atoms with E-state index in [1.165, 1.54) is 0 Å². The van der Waals surface area contributed by atoms with Gasteiger partial charge in [0.15, 0.2) is 5.82 Å². The summed E-state index contributed by atoms with van der Waals surface area (Å²) in [5, 5.41) is 7.02. The lowest BCUT2D eigenvalue weighted by molar-refractivity contribution is 0.423. The van der Waals surface area contributed by atoms with E-state index in [4.69, 9.17) is 10.3 Å².